The van der Waals surface area contributed by atoms with E-state index in [1.807, 2.05) is 6.92 Å². The van der Waals surface area contributed by atoms with Crippen LogP contribution in [-0.2, 0) is 9.84 Å². The van der Waals surface area contributed by atoms with Gasteiger partial charge in [0.15, 0.2) is 0 Å². The zero-order valence-electron chi connectivity index (χ0n) is 10.8. The van der Waals surface area contributed by atoms with E-state index >= 15 is 0 Å². The summed E-state index contributed by atoms with van der Waals surface area (Å²) in [4.78, 5) is 0. The Hall–Kier alpha value is -0.0900. The molecule has 1 fully saturated rings. The van der Waals surface area contributed by atoms with Gasteiger partial charge in [-0.1, -0.05) is 26.2 Å². The molecule has 1 unspecified atom stereocenters. The average Bonchev–Trinajstić information content (AvgIpc) is 2.14. The summed E-state index contributed by atoms with van der Waals surface area (Å²) in [5.41, 5.74) is 0.379. The Kier molecular flexibility index (Phi) is 4.80. The molecule has 0 aromatic carbocycles. The summed E-state index contributed by atoms with van der Waals surface area (Å²) in [6, 6.07) is 0.0637. The van der Waals surface area contributed by atoms with E-state index in [1.165, 1.54) is 38.4 Å². The van der Waals surface area contributed by atoms with Crippen molar-refractivity contribution in [2.24, 2.45) is 5.41 Å². The summed E-state index contributed by atoms with van der Waals surface area (Å²) in [5, 5.41) is 3.37. The van der Waals surface area contributed by atoms with Gasteiger partial charge in [0.1, 0.15) is 9.84 Å². The maximum absolute atomic E-state index is 11.1. The molecule has 0 heterocycles. The monoisotopic (exact) mass is 247 g/mol. The van der Waals surface area contributed by atoms with Gasteiger partial charge in [0.25, 0.3) is 0 Å². The molecule has 16 heavy (non-hydrogen) atoms. The van der Waals surface area contributed by atoms with Crippen LogP contribution in [0.2, 0.25) is 0 Å². The van der Waals surface area contributed by atoms with Gasteiger partial charge in [0.2, 0.25) is 0 Å². The molecule has 1 N–H and O–H groups in total. The van der Waals surface area contributed by atoms with Gasteiger partial charge in [-0.15, -0.1) is 0 Å². The molecule has 0 aromatic heterocycles. The summed E-state index contributed by atoms with van der Waals surface area (Å²) in [6.07, 6.45) is 7.83. The smallest absolute Gasteiger partial charge is 0.148 e. The van der Waals surface area contributed by atoms with Crippen LogP contribution in [0.25, 0.3) is 0 Å². The Morgan fingerprint density at radius 3 is 2.31 bits per heavy atom. The lowest BCUT2D eigenvalue weighted by Crippen LogP contribution is -2.40. The Balaban J connectivity index is 2.33. The quantitative estimate of drug-likeness (QED) is 0.808. The average molecular weight is 247 g/mol. The molecule has 96 valence electrons. The van der Waals surface area contributed by atoms with Gasteiger partial charge in [0, 0.05) is 18.8 Å². The van der Waals surface area contributed by atoms with Gasteiger partial charge in [0.05, 0.1) is 5.75 Å². The molecule has 1 atom stereocenters. The maximum atomic E-state index is 11.1. The van der Waals surface area contributed by atoms with Crippen LogP contribution in [0.5, 0.6) is 0 Å². The predicted molar refractivity (Wildman–Crippen MR) is 68.4 cm³/mol. The molecule has 1 aliphatic rings. The lowest BCUT2D eigenvalue weighted by atomic mass is 9.75. The molecule has 1 rings (SSSR count). The minimum atomic E-state index is -2.86. The topological polar surface area (TPSA) is 46.2 Å². The minimum absolute atomic E-state index is 0.0637. The summed E-state index contributed by atoms with van der Waals surface area (Å²) >= 11 is 0. The molecule has 0 radical (unpaired) electrons. The highest BCUT2D eigenvalue weighted by Gasteiger charge is 2.27. The van der Waals surface area contributed by atoms with E-state index in [1.54, 1.807) is 0 Å². The van der Waals surface area contributed by atoms with E-state index in [4.69, 9.17) is 0 Å². The molecule has 0 aromatic rings. The highest BCUT2D eigenvalue weighted by atomic mass is 32.2. The van der Waals surface area contributed by atoms with Crippen molar-refractivity contribution in [2.45, 2.75) is 52.0 Å². The fourth-order valence-electron chi connectivity index (χ4n) is 2.52. The molecule has 0 aliphatic heterocycles. The Bertz CT molecular complexity index is 305. The highest BCUT2D eigenvalue weighted by Crippen LogP contribution is 2.34. The van der Waals surface area contributed by atoms with Gasteiger partial charge in [-0.25, -0.2) is 8.42 Å². The summed E-state index contributed by atoms with van der Waals surface area (Å²) in [7, 11) is -2.86. The maximum Gasteiger partial charge on any atom is 0.148 e. The summed E-state index contributed by atoms with van der Waals surface area (Å²) < 4.78 is 22.3. The molecular weight excluding hydrogens is 222 g/mol. The second-order valence-corrected chi connectivity index (χ2v) is 7.93. The molecule has 0 spiro atoms. The standard InChI is InChI=1S/C12H25NO2S/c1-11(9-16(3,14)15)13-10-12(2)7-5-4-6-8-12/h11,13H,4-10H2,1-3H3. The van der Waals surface area contributed by atoms with Gasteiger partial charge in [-0.05, 0) is 25.2 Å². The van der Waals surface area contributed by atoms with Crippen molar-refractivity contribution < 1.29 is 8.42 Å². The van der Waals surface area contributed by atoms with E-state index < -0.39 is 9.84 Å². The van der Waals surface area contributed by atoms with Crippen LogP contribution < -0.4 is 5.32 Å². The van der Waals surface area contributed by atoms with Crippen LogP contribution in [0.3, 0.4) is 0 Å². The van der Waals surface area contributed by atoms with Crippen molar-refractivity contribution in [1.29, 1.82) is 0 Å². The third kappa shape index (κ3) is 5.30. The van der Waals surface area contributed by atoms with Crippen LogP contribution >= 0.6 is 0 Å². The van der Waals surface area contributed by atoms with E-state index in [9.17, 15) is 8.42 Å². The molecule has 4 heteroatoms. The second kappa shape index (κ2) is 5.50. The zero-order chi connectivity index (χ0) is 12.2. The molecule has 3 nitrogen and oxygen atoms in total. The number of sulfone groups is 1. The summed E-state index contributed by atoms with van der Waals surface area (Å²) in [6.45, 7) is 5.21. The Morgan fingerprint density at radius 2 is 1.81 bits per heavy atom. The molecule has 0 amide bonds. The van der Waals surface area contributed by atoms with E-state index in [2.05, 4.69) is 12.2 Å². The van der Waals surface area contributed by atoms with Gasteiger partial charge in [-0.2, -0.15) is 0 Å². The van der Waals surface area contributed by atoms with Gasteiger partial charge < -0.3 is 5.32 Å². The van der Waals surface area contributed by atoms with E-state index in [0.29, 0.717) is 5.41 Å². The first-order chi connectivity index (χ1) is 7.31. The van der Waals surface area contributed by atoms with Crippen molar-refractivity contribution in [3.05, 3.63) is 0 Å². The molecular formula is C12H25NO2S. The van der Waals surface area contributed by atoms with Crippen LogP contribution in [0, 0.1) is 5.41 Å². The molecule has 1 aliphatic carbocycles. The van der Waals surface area contributed by atoms with E-state index in [0.717, 1.165) is 6.54 Å². The fourth-order valence-corrected chi connectivity index (χ4v) is 3.54. The minimum Gasteiger partial charge on any atom is -0.313 e. The Morgan fingerprint density at radius 1 is 1.25 bits per heavy atom. The number of rotatable bonds is 5. The number of nitrogens with one attached hydrogen (secondary N) is 1. The molecule has 1 saturated carbocycles. The zero-order valence-corrected chi connectivity index (χ0v) is 11.6. The highest BCUT2D eigenvalue weighted by molar-refractivity contribution is 7.90. The Labute approximate surface area is 99.9 Å². The van der Waals surface area contributed by atoms with Gasteiger partial charge in [-0.3, -0.25) is 0 Å². The second-order valence-electron chi connectivity index (χ2n) is 5.75. The van der Waals surface area contributed by atoms with Crippen LogP contribution in [0.15, 0.2) is 0 Å². The van der Waals surface area contributed by atoms with Crippen molar-refractivity contribution in [3.8, 4) is 0 Å². The number of hydrogen-bond acceptors (Lipinski definition) is 3. The first kappa shape index (κ1) is 14.0. The first-order valence-corrected chi connectivity index (χ1v) is 8.28. The van der Waals surface area contributed by atoms with Crippen LogP contribution in [0.4, 0.5) is 0 Å². The van der Waals surface area contributed by atoms with Crippen molar-refractivity contribution in [3.63, 3.8) is 0 Å². The lowest BCUT2D eigenvalue weighted by Gasteiger charge is -2.34. The molecule has 0 bridgehead atoms. The SMILES string of the molecule is CC(CS(C)(=O)=O)NCC1(C)CCCCC1. The summed E-state index contributed by atoms with van der Waals surface area (Å²) in [5.74, 6) is 0.239. The normalized spacial score (nSPS) is 22.9. The lowest BCUT2D eigenvalue weighted by molar-refractivity contribution is 0.203. The largest absolute Gasteiger partial charge is 0.313 e. The third-order valence-corrected chi connectivity index (χ3v) is 4.60. The fraction of sp³-hybridized carbons (Fsp3) is 1.00. The van der Waals surface area contributed by atoms with Crippen LogP contribution in [0.1, 0.15) is 46.0 Å². The van der Waals surface area contributed by atoms with Crippen molar-refractivity contribution >= 4 is 9.84 Å². The van der Waals surface area contributed by atoms with Crippen molar-refractivity contribution in [1.82, 2.24) is 5.32 Å². The van der Waals surface area contributed by atoms with Crippen molar-refractivity contribution in [2.75, 3.05) is 18.6 Å². The predicted octanol–water partition coefficient (Wildman–Crippen LogP) is 1.98. The van der Waals surface area contributed by atoms with Crippen LogP contribution in [-0.4, -0.2) is 33.0 Å². The van der Waals surface area contributed by atoms with Gasteiger partial charge >= 0.3 is 0 Å². The molecule has 0 saturated heterocycles. The van der Waals surface area contributed by atoms with E-state index in [-0.39, 0.29) is 11.8 Å². The number of hydrogen-bond donors (Lipinski definition) is 1. The first-order valence-electron chi connectivity index (χ1n) is 6.22. The third-order valence-electron chi connectivity index (χ3n) is 3.49.